The fourth-order valence-corrected chi connectivity index (χ4v) is 6.99. The van der Waals surface area contributed by atoms with Crippen molar-refractivity contribution >= 4 is 17.9 Å². The van der Waals surface area contributed by atoms with Gasteiger partial charge in [0.25, 0.3) is 0 Å². The van der Waals surface area contributed by atoms with Crippen LogP contribution in [0, 0.1) is 0 Å². The van der Waals surface area contributed by atoms with E-state index in [-0.39, 0.29) is 37.5 Å². The molecule has 0 rings (SSSR count). The molecule has 0 aromatic rings. The molecule has 0 aliphatic heterocycles. The van der Waals surface area contributed by atoms with Crippen molar-refractivity contribution in [1.82, 2.24) is 0 Å². The summed E-state index contributed by atoms with van der Waals surface area (Å²) >= 11 is 0. The first-order valence-electron chi connectivity index (χ1n) is 26.3. The van der Waals surface area contributed by atoms with Gasteiger partial charge in [0.2, 0.25) is 0 Å². The molecule has 0 aliphatic rings. The van der Waals surface area contributed by atoms with Gasteiger partial charge in [-0.2, -0.15) is 0 Å². The highest BCUT2D eigenvalue weighted by Crippen LogP contribution is 2.14. The molecule has 0 aromatic carbocycles. The predicted molar refractivity (Wildman–Crippen MR) is 274 cm³/mol. The summed E-state index contributed by atoms with van der Waals surface area (Å²) in [6.45, 7) is 6.38. The number of hydrogen-bond acceptors (Lipinski definition) is 6. The van der Waals surface area contributed by atoms with Gasteiger partial charge in [0.15, 0.2) is 6.10 Å². The first-order chi connectivity index (χ1) is 31.5. The number of carbonyl (C=O) groups excluding carboxylic acids is 3. The number of hydrogen-bond donors (Lipinski definition) is 0. The van der Waals surface area contributed by atoms with E-state index >= 15 is 0 Å². The number of esters is 3. The van der Waals surface area contributed by atoms with Crippen molar-refractivity contribution < 1.29 is 28.6 Å². The van der Waals surface area contributed by atoms with E-state index in [4.69, 9.17) is 14.2 Å². The molecule has 1 atom stereocenters. The van der Waals surface area contributed by atoms with Crippen LogP contribution in [0.15, 0.2) is 97.2 Å². The molecular formula is C58H96O6. The standard InChI is InChI=1S/C58H96O6/c1-4-7-10-13-16-19-22-25-27-28-29-30-31-34-36-39-42-45-48-51-57(60)63-54-55(53-62-56(59)50-47-44-41-38-35-32-24-21-18-15-12-9-6-3)64-58(61)52-49-46-43-40-37-33-26-23-20-17-14-11-8-5-2/h9,12,15-16,18-19,21-22,24-25,32-33,35,37-38,41,55H,4-8,10-11,13-14,17,20,23,26-31,34,36,39-40,42-54H2,1-3H3/b12-9-,18-15-,19-16-,24-21-,25-22-,35-32-,37-33-,41-38-. The lowest BCUT2D eigenvalue weighted by molar-refractivity contribution is -0.167. The van der Waals surface area contributed by atoms with Crippen LogP contribution < -0.4 is 0 Å². The molecule has 0 fully saturated rings. The molecule has 0 amide bonds. The molecule has 0 N–H and O–H groups in total. The average Bonchev–Trinajstić information content (AvgIpc) is 3.29. The summed E-state index contributed by atoms with van der Waals surface area (Å²) in [5, 5.41) is 0. The molecule has 0 heterocycles. The van der Waals surface area contributed by atoms with Gasteiger partial charge in [-0.05, 0) is 83.5 Å². The molecule has 0 aliphatic carbocycles. The number of ether oxygens (including phenoxy) is 3. The summed E-state index contributed by atoms with van der Waals surface area (Å²) in [6.07, 6.45) is 68.3. The minimum atomic E-state index is -0.815. The Labute approximate surface area is 394 Å². The molecular weight excluding hydrogens is 793 g/mol. The highest BCUT2D eigenvalue weighted by molar-refractivity contribution is 5.71. The maximum Gasteiger partial charge on any atom is 0.306 e. The van der Waals surface area contributed by atoms with Gasteiger partial charge in [0.05, 0.1) is 0 Å². The van der Waals surface area contributed by atoms with Gasteiger partial charge in [-0.15, -0.1) is 0 Å². The van der Waals surface area contributed by atoms with Gasteiger partial charge in [-0.3, -0.25) is 14.4 Å². The minimum absolute atomic E-state index is 0.109. The molecule has 0 saturated carbocycles. The second-order valence-electron chi connectivity index (χ2n) is 17.2. The highest BCUT2D eigenvalue weighted by Gasteiger charge is 2.19. The SMILES string of the molecule is CC\C=C/C=C\C=C/C=C\C=C/CCCC(=O)OCC(COC(=O)CCCCCCCCCCCC/C=C\C=C/CCCCC)OC(=O)CCCCC/C=C\CCCCCCCCC. The lowest BCUT2D eigenvalue weighted by atomic mass is 10.1. The fraction of sp³-hybridized carbons (Fsp3) is 0.672. The summed E-state index contributed by atoms with van der Waals surface area (Å²) in [7, 11) is 0. The normalized spacial score (nSPS) is 12.9. The third-order valence-electron chi connectivity index (χ3n) is 10.9. The topological polar surface area (TPSA) is 78.9 Å². The third-order valence-corrected chi connectivity index (χ3v) is 10.9. The summed E-state index contributed by atoms with van der Waals surface area (Å²) < 4.78 is 16.7. The van der Waals surface area contributed by atoms with Crippen LogP contribution in [0.3, 0.4) is 0 Å². The van der Waals surface area contributed by atoms with E-state index in [1.807, 2.05) is 54.7 Å². The maximum atomic E-state index is 12.8. The number of allylic oxidation sites excluding steroid dienone is 16. The Bertz CT molecular complexity index is 1300. The quantitative estimate of drug-likeness (QED) is 0.0199. The molecule has 1 unspecified atom stereocenters. The fourth-order valence-electron chi connectivity index (χ4n) is 6.99. The van der Waals surface area contributed by atoms with E-state index in [0.29, 0.717) is 19.3 Å². The lowest BCUT2D eigenvalue weighted by Gasteiger charge is -2.18. The monoisotopic (exact) mass is 889 g/mol. The van der Waals surface area contributed by atoms with Crippen molar-refractivity contribution in [1.29, 1.82) is 0 Å². The van der Waals surface area contributed by atoms with Crippen LogP contribution in [0.1, 0.15) is 233 Å². The zero-order chi connectivity index (χ0) is 46.5. The van der Waals surface area contributed by atoms with Crippen LogP contribution in [-0.2, 0) is 28.6 Å². The lowest BCUT2D eigenvalue weighted by Crippen LogP contribution is -2.30. The van der Waals surface area contributed by atoms with Crippen molar-refractivity contribution in [3.63, 3.8) is 0 Å². The van der Waals surface area contributed by atoms with E-state index in [2.05, 4.69) is 63.3 Å². The third kappa shape index (κ3) is 49.3. The van der Waals surface area contributed by atoms with E-state index in [1.165, 1.54) is 122 Å². The molecule has 6 nitrogen and oxygen atoms in total. The summed E-state index contributed by atoms with van der Waals surface area (Å²) in [4.78, 5) is 38.0. The van der Waals surface area contributed by atoms with Crippen LogP contribution in [0.2, 0.25) is 0 Å². The van der Waals surface area contributed by atoms with Gasteiger partial charge < -0.3 is 14.2 Å². The first-order valence-corrected chi connectivity index (χ1v) is 26.3. The van der Waals surface area contributed by atoms with Crippen molar-refractivity contribution in [3.8, 4) is 0 Å². The molecule has 0 radical (unpaired) electrons. The van der Waals surface area contributed by atoms with Gasteiger partial charge >= 0.3 is 17.9 Å². The second-order valence-corrected chi connectivity index (χ2v) is 17.2. The van der Waals surface area contributed by atoms with E-state index in [0.717, 1.165) is 64.2 Å². The Balaban J connectivity index is 4.46. The first kappa shape index (κ1) is 60.3. The number of carbonyl (C=O) groups is 3. The molecule has 0 aromatic heterocycles. The predicted octanol–water partition coefficient (Wildman–Crippen LogP) is 17.4. The van der Waals surface area contributed by atoms with Crippen molar-refractivity contribution in [2.24, 2.45) is 0 Å². The molecule has 0 saturated heterocycles. The summed E-state index contributed by atoms with van der Waals surface area (Å²) in [5.74, 6) is -1.01. The molecule has 64 heavy (non-hydrogen) atoms. The molecule has 0 bridgehead atoms. The van der Waals surface area contributed by atoms with E-state index in [1.54, 1.807) is 0 Å². The Morgan fingerprint density at radius 3 is 1.12 bits per heavy atom. The van der Waals surface area contributed by atoms with E-state index in [9.17, 15) is 14.4 Å². The molecule has 6 heteroatoms. The van der Waals surface area contributed by atoms with Crippen LogP contribution in [-0.4, -0.2) is 37.2 Å². The second kappa shape index (κ2) is 52.0. The Morgan fingerprint density at radius 2 is 0.641 bits per heavy atom. The number of rotatable bonds is 46. The van der Waals surface area contributed by atoms with Gasteiger partial charge in [0, 0.05) is 19.3 Å². The molecule has 364 valence electrons. The van der Waals surface area contributed by atoms with Crippen LogP contribution in [0.5, 0.6) is 0 Å². The van der Waals surface area contributed by atoms with Crippen LogP contribution in [0.4, 0.5) is 0 Å². The van der Waals surface area contributed by atoms with Gasteiger partial charge in [-0.25, -0.2) is 0 Å². The Kier molecular flexibility index (Phi) is 49.0. The average molecular weight is 889 g/mol. The van der Waals surface area contributed by atoms with Gasteiger partial charge in [-0.1, -0.05) is 227 Å². The zero-order valence-electron chi connectivity index (χ0n) is 41.5. The number of unbranched alkanes of at least 4 members (excludes halogenated alkanes) is 24. The van der Waals surface area contributed by atoms with Crippen molar-refractivity contribution in [2.75, 3.05) is 13.2 Å². The van der Waals surface area contributed by atoms with Crippen LogP contribution in [0.25, 0.3) is 0 Å². The maximum absolute atomic E-state index is 12.8. The largest absolute Gasteiger partial charge is 0.462 e. The van der Waals surface area contributed by atoms with E-state index < -0.39 is 6.10 Å². The zero-order valence-corrected chi connectivity index (χ0v) is 41.5. The van der Waals surface area contributed by atoms with Crippen LogP contribution >= 0.6 is 0 Å². The molecule has 0 spiro atoms. The van der Waals surface area contributed by atoms with Crippen molar-refractivity contribution in [2.45, 2.75) is 239 Å². The Morgan fingerprint density at radius 1 is 0.328 bits per heavy atom. The minimum Gasteiger partial charge on any atom is -0.462 e. The smallest absolute Gasteiger partial charge is 0.306 e. The summed E-state index contributed by atoms with van der Waals surface area (Å²) in [6, 6.07) is 0. The van der Waals surface area contributed by atoms with Crippen molar-refractivity contribution in [3.05, 3.63) is 97.2 Å². The highest BCUT2D eigenvalue weighted by atomic mass is 16.6. The van der Waals surface area contributed by atoms with Gasteiger partial charge in [0.1, 0.15) is 13.2 Å². The summed E-state index contributed by atoms with van der Waals surface area (Å²) in [5.41, 5.74) is 0. The Hall–Kier alpha value is -3.67.